The first kappa shape index (κ1) is 3.03. The fraction of sp³-hybridized carbons (Fsp3) is 1.00. The normalized spacial score (nSPS) is 26.2. The van der Waals surface area contributed by atoms with Crippen molar-refractivity contribution in [3.63, 3.8) is 0 Å². The summed E-state index contributed by atoms with van der Waals surface area (Å²) in [6, 6.07) is 0. The molecule has 0 atom stereocenters. The van der Waals surface area contributed by atoms with Crippen LogP contribution in [0.5, 0.6) is 0 Å². The third-order valence-electron chi connectivity index (χ3n) is 0.622. The van der Waals surface area contributed by atoms with Crippen LogP contribution in [-0.2, 0) is 0 Å². The molecule has 1 rings (SSSR count). The molecule has 1 aliphatic carbocycles. The Morgan fingerprint density at radius 3 is 1.75 bits per heavy atom. The molecule has 0 amide bonds. The van der Waals surface area contributed by atoms with Crippen LogP contribution >= 0.6 is 0 Å². The molecule has 0 bridgehead atoms. The van der Waals surface area contributed by atoms with Gasteiger partial charge in [-0.15, -0.1) is 0 Å². The number of rotatable bonds is 0. The van der Waals surface area contributed by atoms with E-state index in [0.29, 0.717) is 0 Å². The van der Waals surface area contributed by atoms with Crippen molar-refractivity contribution in [3.8, 4) is 0 Å². The Labute approximate surface area is 40.1 Å². The molecule has 0 aliphatic heterocycles. The van der Waals surface area contributed by atoms with Crippen LogP contribution < -0.4 is 0 Å². The van der Waals surface area contributed by atoms with Crippen LogP contribution in [0.15, 0.2) is 0 Å². The second-order valence-corrected chi connectivity index (χ2v) is 4.03. The van der Waals surface area contributed by atoms with E-state index in [4.69, 9.17) is 0 Å². The van der Waals surface area contributed by atoms with Crippen LogP contribution in [0.25, 0.3) is 0 Å². The van der Waals surface area contributed by atoms with Gasteiger partial charge in [0.25, 0.3) is 0 Å². The summed E-state index contributed by atoms with van der Waals surface area (Å²) in [5.41, 5.74) is 0. The number of hydrogen-bond donors (Lipinski definition) is 0. The van der Waals surface area contributed by atoms with Gasteiger partial charge in [0.1, 0.15) is 0 Å². The van der Waals surface area contributed by atoms with Crippen LogP contribution in [0.2, 0.25) is 3.86 Å². The van der Waals surface area contributed by atoms with E-state index < -0.39 is 0 Å². The molecule has 0 heterocycles. The fourth-order valence-corrected chi connectivity index (χ4v) is 0.645. The Morgan fingerprint density at radius 2 is 1.75 bits per heavy atom. The van der Waals surface area contributed by atoms with Crippen LogP contribution in [0.3, 0.4) is 0 Å². The predicted octanol–water partition coefficient (Wildman–Crippen LogP) is 0.202. The summed E-state index contributed by atoms with van der Waals surface area (Å²) in [6.07, 6.45) is 3.09. The molecule has 1 heteroatoms. The third-order valence-corrected chi connectivity index (χ3v) is 2.52. The molecule has 0 aromatic carbocycles. The molecule has 4 heavy (non-hydrogen) atoms. The Morgan fingerprint density at radius 1 is 1.50 bits per heavy atom. The van der Waals surface area contributed by atoms with Crippen molar-refractivity contribution in [2.45, 2.75) is 16.7 Å². The van der Waals surface area contributed by atoms with Gasteiger partial charge in [-0.3, -0.25) is 0 Å². The van der Waals surface area contributed by atoms with E-state index >= 15 is 0 Å². The van der Waals surface area contributed by atoms with E-state index in [9.17, 15) is 0 Å². The maximum absolute atomic E-state index is 1.54. The molecule has 0 spiro atoms. The molecule has 1 fully saturated rings. The zero-order chi connectivity index (χ0) is 2.99. The molecule has 0 saturated heterocycles. The van der Waals surface area contributed by atoms with E-state index in [1.165, 1.54) is 26.9 Å². The van der Waals surface area contributed by atoms with Crippen molar-refractivity contribution in [3.05, 3.63) is 0 Å². The van der Waals surface area contributed by atoms with Crippen LogP contribution in [0.1, 0.15) is 12.8 Å². The molecule has 0 radical (unpaired) electrons. The summed E-state index contributed by atoms with van der Waals surface area (Å²) >= 11 is 1.51. The van der Waals surface area contributed by atoms with Gasteiger partial charge in [0, 0.05) is 0 Å². The molecule has 0 N–H and O–H groups in total. The van der Waals surface area contributed by atoms with Gasteiger partial charge in [-0.05, 0) is 0 Å². The van der Waals surface area contributed by atoms with Gasteiger partial charge >= 0.3 is 39.7 Å². The molecule has 0 aromatic rings. The summed E-state index contributed by atoms with van der Waals surface area (Å²) in [5, 5.41) is 0. The molecular weight excluding hydrogens is 158 g/mol. The standard InChI is InChI=1S/C3H5.Sb.2H/c1-2-3-1;;;/h1H,2-3H2;;;. The second kappa shape index (κ2) is 0.896. The van der Waals surface area contributed by atoms with Gasteiger partial charge in [-0.2, -0.15) is 0 Å². The summed E-state index contributed by atoms with van der Waals surface area (Å²) in [4.78, 5) is 0. The van der Waals surface area contributed by atoms with E-state index in [0.717, 1.165) is 0 Å². The van der Waals surface area contributed by atoms with Crippen molar-refractivity contribution in [1.29, 1.82) is 0 Å². The van der Waals surface area contributed by atoms with Gasteiger partial charge in [-0.1, -0.05) is 0 Å². The zero-order valence-electron chi connectivity index (χ0n) is 2.57. The second-order valence-electron chi connectivity index (χ2n) is 1.34. The topological polar surface area (TPSA) is 0 Å². The monoisotopic (exact) mass is 164 g/mol. The average Bonchev–Trinajstić information content (AvgIpc) is 1.75. The van der Waals surface area contributed by atoms with Crippen LogP contribution in [0, 0.1) is 0 Å². The van der Waals surface area contributed by atoms with Crippen molar-refractivity contribution in [2.75, 3.05) is 0 Å². The van der Waals surface area contributed by atoms with Crippen molar-refractivity contribution >= 4 is 23.0 Å². The maximum atomic E-state index is 1.54. The minimum atomic E-state index is 1.21. The average molecular weight is 165 g/mol. The first-order chi connectivity index (χ1) is 1.89. The fourth-order valence-electron chi connectivity index (χ4n) is 0.0962. The van der Waals surface area contributed by atoms with Crippen LogP contribution in [-0.4, -0.2) is 23.0 Å². The van der Waals surface area contributed by atoms with Gasteiger partial charge in [0.2, 0.25) is 0 Å². The molecule has 1 saturated carbocycles. The Hall–Kier alpha value is 0.818. The molecule has 0 unspecified atom stereocenters. The Kier molecular flexibility index (Phi) is 0.678. The van der Waals surface area contributed by atoms with Crippen LogP contribution in [0.4, 0.5) is 0 Å². The predicted molar refractivity (Wildman–Crippen MR) is 21.5 cm³/mol. The van der Waals surface area contributed by atoms with Gasteiger partial charge in [0.15, 0.2) is 0 Å². The quantitative estimate of drug-likeness (QED) is 0.449. The Bertz CT molecular complexity index is 22.5. The molecule has 24 valence electrons. The molecule has 0 nitrogen and oxygen atoms in total. The molecule has 1 aliphatic rings. The van der Waals surface area contributed by atoms with Crippen molar-refractivity contribution < 1.29 is 0 Å². The summed E-state index contributed by atoms with van der Waals surface area (Å²) in [5.74, 6) is 0. The van der Waals surface area contributed by atoms with Gasteiger partial charge < -0.3 is 0 Å². The third kappa shape index (κ3) is 0.639. The molecule has 0 aromatic heterocycles. The molecular formula is C3H7Sb. The van der Waals surface area contributed by atoms with Gasteiger partial charge in [0.05, 0.1) is 0 Å². The van der Waals surface area contributed by atoms with E-state index in [1.807, 2.05) is 0 Å². The summed E-state index contributed by atoms with van der Waals surface area (Å²) in [7, 11) is 0. The van der Waals surface area contributed by atoms with E-state index in [2.05, 4.69) is 0 Å². The summed E-state index contributed by atoms with van der Waals surface area (Å²) in [6.45, 7) is 0. The minimum absolute atomic E-state index is 1.21. The SMILES string of the molecule is [SbH2][CH]1CC1. The summed E-state index contributed by atoms with van der Waals surface area (Å²) < 4.78 is 1.21. The van der Waals surface area contributed by atoms with Crippen molar-refractivity contribution in [1.82, 2.24) is 0 Å². The first-order valence-corrected chi connectivity index (χ1v) is 3.55. The van der Waals surface area contributed by atoms with E-state index in [1.54, 1.807) is 12.8 Å². The first-order valence-electron chi connectivity index (χ1n) is 1.65. The zero-order valence-corrected chi connectivity index (χ0v) is 5.86. The van der Waals surface area contributed by atoms with Crippen molar-refractivity contribution in [2.24, 2.45) is 0 Å². The van der Waals surface area contributed by atoms with Gasteiger partial charge in [-0.25, -0.2) is 0 Å². The van der Waals surface area contributed by atoms with E-state index in [-0.39, 0.29) is 0 Å². The number of hydrogen-bond acceptors (Lipinski definition) is 0. The Balaban J connectivity index is 2.17.